The van der Waals surface area contributed by atoms with Crippen molar-refractivity contribution in [3.63, 3.8) is 0 Å². The second-order valence-electron chi connectivity index (χ2n) is 14.5. The van der Waals surface area contributed by atoms with Crippen LogP contribution >= 0.6 is 45.9 Å². The molecule has 0 saturated heterocycles. The van der Waals surface area contributed by atoms with Crippen LogP contribution in [0.25, 0.3) is 32.6 Å². The Morgan fingerprint density at radius 3 is 1.52 bits per heavy atom. The van der Waals surface area contributed by atoms with Crippen molar-refractivity contribution in [3.05, 3.63) is 57.6 Å². The third-order valence-electron chi connectivity index (χ3n) is 8.94. The predicted molar refractivity (Wildman–Crippen MR) is 266 cm³/mol. The molecule has 1 amide bonds. The molecule has 0 radical (unpaired) electrons. The van der Waals surface area contributed by atoms with Gasteiger partial charge in [-0.05, 0) is 74.2 Å². The molecule has 0 saturated carbocycles. The molecule has 2 heterocycles. The summed E-state index contributed by atoms with van der Waals surface area (Å²) in [6.07, 6.45) is 11.8. The second-order valence-corrected chi connectivity index (χ2v) is 17.4. The number of thiazole rings is 2. The highest BCUT2D eigenvalue weighted by molar-refractivity contribution is 7.19. The fourth-order valence-electron chi connectivity index (χ4n) is 5.44. The van der Waals surface area contributed by atoms with Gasteiger partial charge in [0.1, 0.15) is 33.3 Å². The highest BCUT2D eigenvalue weighted by atomic mass is 35.5. The van der Waals surface area contributed by atoms with E-state index in [2.05, 4.69) is 15.3 Å². The minimum absolute atomic E-state index is 0.0226. The summed E-state index contributed by atoms with van der Waals surface area (Å²) in [6.45, 7) is 5.76. The first-order valence-corrected chi connectivity index (χ1v) is 24.2. The first-order chi connectivity index (χ1) is 31.5. The molecule has 19 heteroatoms. The summed E-state index contributed by atoms with van der Waals surface area (Å²) in [5, 5.41) is 30.8. The number of nitrogens with one attached hydrogen (secondary N) is 1. The molecule has 0 unspecified atom stereocenters. The van der Waals surface area contributed by atoms with Gasteiger partial charge in [0, 0.05) is 77.6 Å². The number of anilines is 2. The minimum atomic E-state index is -1.24. The zero-order valence-electron chi connectivity index (χ0n) is 38.0. The number of amides is 1. The Morgan fingerprint density at radius 2 is 1.11 bits per heavy atom. The maximum atomic E-state index is 12.3. The molecular weight excluding hydrogens is 912 g/mol. The van der Waals surface area contributed by atoms with Crippen LogP contribution in [0, 0.1) is 22.7 Å². The summed E-state index contributed by atoms with van der Waals surface area (Å²) in [4.78, 5) is 35.9. The van der Waals surface area contributed by atoms with Gasteiger partial charge in [-0.3, -0.25) is 4.79 Å². The Bertz CT molecular complexity index is 2120. The molecule has 0 aliphatic carbocycles. The van der Waals surface area contributed by atoms with Crippen molar-refractivity contribution in [2.24, 2.45) is 5.73 Å². The molecule has 4 aromatic rings. The lowest BCUT2D eigenvalue weighted by Gasteiger charge is -2.11. The molecule has 4 rings (SSSR count). The Hall–Kier alpha value is -4.40. The molecule has 2 aromatic carbocycles. The van der Waals surface area contributed by atoms with Crippen molar-refractivity contribution in [2.45, 2.75) is 51.4 Å². The first-order valence-electron chi connectivity index (χ1n) is 21.5. The highest BCUT2D eigenvalue weighted by Crippen LogP contribution is 2.29. The van der Waals surface area contributed by atoms with E-state index in [0.29, 0.717) is 62.7 Å². The normalized spacial score (nSPS) is 11.3. The number of carboxylic acid groups (broad SMARTS) is 1. The third-order valence-corrected chi connectivity index (χ3v) is 11.4. The van der Waals surface area contributed by atoms with E-state index in [1.165, 1.54) is 47.7 Å². The number of alkyl halides is 2. The average Bonchev–Trinajstić information content (AvgIpc) is 3.91. The molecule has 356 valence electrons. The maximum Gasteiger partial charge on any atom is 0.346 e. The van der Waals surface area contributed by atoms with E-state index < -0.39 is 11.9 Å². The number of nitrogens with two attached hydrogens (primary N) is 1. The van der Waals surface area contributed by atoms with Gasteiger partial charge in [-0.25, -0.2) is 14.8 Å². The van der Waals surface area contributed by atoms with Crippen LogP contribution in [0.5, 0.6) is 0 Å². The molecular formula is C46H64Cl2N8O7S2. The van der Waals surface area contributed by atoms with Crippen LogP contribution in [-0.4, -0.2) is 133 Å². The van der Waals surface area contributed by atoms with E-state index in [1.54, 1.807) is 6.07 Å². The molecule has 0 aliphatic heterocycles. The van der Waals surface area contributed by atoms with Gasteiger partial charge in [-0.1, -0.05) is 25.7 Å². The molecule has 2 aromatic heterocycles. The number of aliphatic carboxylic acids is 1. The number of benzene rings is 2. The average molecular weight is 976 g/mol. The molecule has 65 heavy (non-hydrogen) atoms. The zero-order chi connectivity index (χ0) is 47.7. The molecule has 0 fully saturated rings. The number of nitriles is 2. The monoisotopic (exact) mass is 974 g/mol. The number of hydrogen-bond acceptors (Lipinski definition) is 15. The summed E-state index contributed by atoms with van der Waals surface area (Å²) in [6, 6.07) is 15.4. The van der Waals surface area contributed by atoms with E-state index in [0.717, 1.165) is 95.3 Å². The summed E-state index contributed by atoms with van der Waals surface area (Å²) in [5.41, 5.74) is 8.73. The van der Waals surface area contributed by atoms with Crippen molar-refractivity contribution in [2.75, 3.05) is 116 Å². The van der Waals surface area contributed by atoms with E-state index in [4.69, 9.17) is 58.3 Å². The van der Waals surface area contributed by atoms with Gasteiger partial charge in [-0.15, -0.1) is 45.9 Å². The van der Waals surface area contributed by atoms with E-state index in [1.807, 2.05) is 80.5 Å². The van der Waals surface area contributed by atoms with Gasteiger partial charge in [0.15, 0.2) is 0 Å². The fraction of sp³-hybridized carbons (Fsp3) is 0.522. The lowest BCUT2D eigenvalue weighted by atomic mass is 10.2. The summed E-state index contributed by atoms with van der Waals surface area (Å²) >= 11 is 14.0. The number of carbonyl (C=O) groups excluding carboxylic acids is 1. The molecule has 0 atom stereocenters. The minimum Gasteiger partial charge on any atom is -0.477 e. The summed E-state index contributed by atoms with van der Waals surface area (Å²) in [7, 11) is 7.84. The third kappa shape index (κ3) is 24.1. The number of carboxylic acids is 1. The number of unbranched alkanes of at least 4 members (excludes halogenated alkanes) is 6. The number of aromatic nitrogens is 2. The zero-order valence-corrected chi connectivity index (χ0v) is 41.1. The fourth-order valence-corrected chi connectivity index (χ4v) is 7.71. The number of fused-ring (bicyclic) bond motifs is 2. The quantitative estimate of drug-likeness (QED) is 0.0202. The highest BCUT2D eigenvalue weighted by Gasteiger charge is 2.12. The van der Waals surface area contributed by atoms with Crippen molar-refractivity contribution in [1.29, 1.82) is 10.5 Å². The van der Waals surface area contributed by atoms with Gasteiger partial charge in [0.05, 0.1) is 60.1 Å². The Labute approximate surface area is 401 Å². The maximum absolute atomic E-state index is 12.3. The number of hydrogen-bond donors (Lipinski definition) is 3. The second kappa shape index (κ2) is 34.9. The lowest BCUT2D eigenvalue weighted by molar-refractivity contribution is -0.132. The Kier molecular flexibility index (Phi) is 30.4. The number of halogens is 2. The van der Waals surface area contributed by atoms with E-state index in [-0.39, 0.29) is 11.1 Å². The van der Waals surface area contributed by atoms with Crippen LogP contribution in [-0.2, 0) is 28.5 Å². The first kappa shape index (κ1) is 56.7. The molecule has 15 nitrogen and oxygen atoms in total. The Balaban J connectivity index is 0.000000372. The lowest BCUT2D eigenvalue weighted by Crippen LogP contribution is -2.28. The van der Waals surface area contributed by atoms with Crippen LogP contribution in [0.3, 0.4) is 0 Å². The van der Waals surface area contributed by atoms with Gasteiger partial charge < -0.3 is 44.9 Å². The van der Waals surface area contributed by atoms with Gasteiger partial charge in [0.2, 0.25) is 0 Å². The van der Waals surface area contributed by atoms with Crippen molar-refractivity contribution in [1.82, 2.24) is 15.3 Å². The molecule has 0 spiro atoms. The predicted octanol–water partition coefficient (Wildman–Crippen LogP) is 8.35. The van der Waals surface area contributed by atoms with Gasteiger partial charge in [0.25, 0.3) is 5.91 Å². The van der Waals surface area contributed by atoms with Gasteiger partial charge >= 0.3 is 5.97 Å². The topological polar surface area (TPSA) is 209 Å². The van der Waals surface area contributed by atoms with Crippen molar-refractivity contribution in [3.8, 4) is 12.1 Å². The number of nitrogens with zero attached hydrogens (tertiary/aromatic N) is 6. The van der Waals surface area contributed by atoms with Crippen LogP contribution < -0.4 is 20.9 Å². The van der Waals surface area contributed by atoms with E-state index in [9.17, 15) is 14.9 Å². The van der Waals surface area contributed by atoms with Crippen LogP contribution in [0.1, 0.15) is 61.4 Å². The SMILES string of the molecule is CN(C)c1ccc2nc(/C=C(\C#N)C(=O)NCCOCCOCCCCCCCl)sc2c1.CN(C)c1ccc2nc(/C=C(\C#N)C(=O)O)sc2c1.NCCOCCOCCCCCCCl. The van der Waals surface area contributed by atoms with Crippen LogP contribution in [0.2, 0.25) is 0 Å². The Morgan fingerprint density at radius 1 is 0.677 bits per heavy atom. The van der Waals surface area contributed by atoms with E-state index >= 15 is 0 Å². The van der Waals surface area contributed by atoms with Crippen molar-refractivity contribution >= 4 is 102 Å². The van der Waals surface area contributed by atoms with Gasteiger partial charge in [-0.2, -0.15) is 10.5 Å². The van der Waals surface area contributed by atoms with Crippen molar-refractivity contribution < 1.29 is 33.6 Å². The summed E-state index contributed by atoms with van der Waals surface area (Å²) < 4.78 is 23.4. The summed E-state index contributed by atoms with van der Waals surface area (Å²) in [5.74, 6) is -0.182. The largest absolute Gasteiger partial charge is 0.477 e. The number of carbonyl (C=O) groups is 2. The van der Waals surface area contributed by atoms with Crippen LogP contribution in [0.4, 0.5) is 11.4 Å². The molecule has 0 bridgehead atoms. The number of ether oxygens (including phenoxy) is 4. The molecule has 0 aliphatic rings. The molecule has 4 N–H and O–H groups in total. The number of rotatable bonds is 29. The smallest absolute Gasteiger partial charge is 0.346 e. The standard InChI is InChI=1S/C23H31ClN4O3S.C13H11N3O2S.C10H22ClNO2/c1-28(2)19-7-8-20-21(16-19)32-22(27-20)15-18(17-25)23(29)26-10-12-31-14-13-30-11-6-4-3-5-9-24;1-16(2)9-3-4-10-11(6-9)19-12(15-10)5-8(7-14)13(17)18;11-5-3-1-2-4-7-13-9-10-14-8-6-12/h7-8,15-16H,3-6,9-14H2,1-2H3,(H,26,29);3-6H,1-2H3,(H,17,18);1-10,12H2/b18-15+;8-5+;. The van der Waals surface area contributed by atoms with Crippen LogP contribution in [0.15, 0.2) is 47.5 Å².